The first kappa shape index (κ1) is 18.4. The van der Waals surface area contributed by atoms with Crippen LogP contribution in [-0.2, 0) is 18.5 Å². The third kappa shape index (κ3) is 5.58. The van der Waals surface area contributed by atoms with Crippen LogP contribution in [0.15, 0.2) is 21.5 Å². The molecule has 0 aliphatic carbocycles. The maximum absolute atomic E-state index is 12.0. The Hall–Kier alpha value is -0.630. The number of ether oxygens (including phenoxy) is 2. The number of rotatable bonds is 7. The Kier molecular flexibility index (Phi) is 7.12. The van der Waals surface area contributed by atoms with E-state index in [9.17, 15) is 13.2 Å². The second-order valence-electron chi connectivity index (χ2n) is 4.26. The van der Waals surface area contributed by atoms with E-state index in [-0.39, 0.29) is 17.1 Å². The Bertz CT molecular complexity index is 615. The van der Waals surface area contributed by atoms with Crippen LogP contribution >= 0.6 is 26.6 Å². The van der Waals surface area contributed by atoms with E-state index in [2.05, 4.69) is 15.9 Å². The molecule has 0 fully saturated rings. The smallest absolute Gasteiger partial charge is 0.338 e. The van der Waals surface area contributed by atoms with Crippen molar-refractivity contribution in [1.82, 2.24) is 0 Å². The average molecular weight is 400 g/mol. The predicted molar refractivity (Wildman–Crippen MR) is 83.3 cm³/mol. The minimum Gasteiger partial charge on any atom is -0.460 e. The van der Waals surface area contributed by atoms with Gasteiger partial charge in [0.25, 0.3) is 9.05 Å². The van der Waals surface area contributed by atoms with Crippen LogP contribution in [0.25, 0.3) is 0 Å². The lowest BCUT2D eigenvalue weighted by atomic mass is 10.1. The van der Waals surface area contributed by atoms with Crippen LogP contribution in [-0.4, -0.2) is 34.2 Å². The summed E-state index contributed by atoms with van der Waals surface area (Å²) in [6.45, 7) is 4.66. The molecule has 8 heteroatoms. The standard InChI is InChI=1S/C13H16BrClO5S/c1-3-4-19-5-6-20-13(16)11-7-10(21(15,17)18)8-12(14)9(11)2/h7-8H,3-6H2,1-2H3. The molecule has 0 radical (unpaired) electrons. The molecule has 0 amide bonds. The van der Waals surface area contributed by atoms with Crippen molar-refractivity contribution in [1.29, 1.82) is 0 Å². The summed E-state index contributed by atoms with van der Waals surface area (Å²) in [5, 5.41) is 0. The van der Waals surface area contributed by atoms with Gasteiger partial charge in [0.1, 0.15) is 6.61 Å². The molecule has 21 heavy (non-hydrogen) atoms. The van der Waals surface area contributed by atoms with E-state index in [1.165, 1.54) is 12.1 Å². The molecule has 0 heterocycles. The highest BCUT2D eigenvalue weighted by Gasteiger charge is 2.19. The lowest BCUT2D eigenvalue weighted by molar-refractivity contribution is 0.0317. The molecule has 0 bridgehead atoms. The van der Waals surface area contributed by atoms with Gasteiger partial charge in [0, 0.05) is 21.8 Å². The Morgan fingerprint density at radius 3 is 2.52 bits per heavy atom. The average Bonchev–Trinajstić information content (AvgIpc) is 2.40. The summed E-state index contributed by atoms with van der Waals surface area (Å²) in [6.07, 6.45) is 0.885. The van der Waals surface area contributed by atoms with Crippen molar-refractivity contribution < 1.29 is 22.7 Å². The number of halogens is 2. The summed E-state index contributed by atoms with van der Waals surface area (Å²) < 4.78 is 33.5. The van der Waals surface area contributed by atoms with Crippen molar-refractivity contribution in [3.63, 3.8) is 0 Å². The van der Waals surface area contributed by atoms with Crippen LogP contribution in [0.2, 0.25) is 0 Å². The van der Waals surface area contributed by atoms with E-state index in [0.717, 1.165) is 6.42 Å². The number of hydrogen-bond acceptors (Lipinski definition) is 5. The summed E-state index contributed by atoms with van der Waals surface area (Å²) in [5.41, 5.74) is 0.734. The second-order valence-corrected chi connectivity index (χ2v) is 7.68. The molecule has 0 aliphatic heterocycles. The second kappa shape index (κ2) is 8.12. The SMILES string of the molecule is CCCOCCOC(=O)c1cc(S(=O)(=O)Cl)cc(Br)c1C. The van der Waals surface area contributed by atoms with Gasteiger partial charge in [-0.15, -0.1) is 0 Å². The number of hydrogen-bond donors (Lipinski definition) is 0. The lowest BCUT2D eigenvalue weighted by Crippen LogP contribution is -2.13. The zero-order chi connectivity index (χ0) is 16.0. The zero-order valence-electron chi connectivity index (χ0n) is 11.7. The van der Waals surface area contributed by atoms with Crippen molar-refractivity contribution in [2.24, 2.45) is 0 Å². The first-order valence-electron chi connectivity index (χ1n) is 6.27. The number of esters is 1. The summed E-state index contributed by atoms with van der Waals surface area (Å²) in [7, 11) is 1.38. The third-order valence-electron chi connectivity index (χ3n) is 2.63. The molecule has 0 saturated carbocycles. The van der Waals surface area contributed by atoms with E-state index in [1.807, 2.05) is 6.92 Å². The molecule has 5 nitrogen and oxygen atoms in total. The minimum atomic E-state index is -3.92. The molecule has 0 atom stereocenters. The molecule has 0 aromatic heterocycles. The lowest BCUT2D eigenvalue weighted by Gasteiger charge is -2.10. The zero-order valence-corrected chi connectivity index (χ0v) is 14.8. The van der Waals surface area contributed by atoms with Crippen LogP contribution in [0.3, 0.4) is 0 Å². The summed E-state index contributed by atoms with van der Waals surface area (Å²) in [5.74, 6) is -0.615. The van der Waals surface area contributed by atoms with Gasteiger partial charge in [0.15, 0.2) is 0 Å². The number of carbonyl (C=O) groups is 1. The summed E-state index contributed by atoms with van der Waals surface area (Å²) >= 11 is 3.20. The Labute approximate surface area is 137 Å². The Balaban J connectivity index is 2.86. The van der Waals surface area contributed by atoms with Gasteiger partial charge in [0.2, 0.25) is 0 Å². The van der Waals surface area contributed by atoms with E-state index in [4.69, 9.17) is 20.2 Å². The molecule has 0 saturated heterocycles. The van der Waals surface area contributed by atoms with Gasteiger partial charge < -0.3 is 9.47 Å². The quantitative estimate of drug-likeness (QED) is 0.400. The van der Waals surface area contributed by atoms with Gasteiger partial charge in [-0.05, 0) is 31.0 Å². The van der Waals surface area contributed by atoms with Crippen molar-refractivity contribution in [3.8, 4) is 0 Å². The Morgan fingerprint density at radius 1 is 1.29 bits per heavy atom. The molecule has 0 spiro atoms. The third-order valence-corrected chi connectivity index (χ3v) is 4.79. The van der Waals surface area contributed by atoms with Crippen molar-refractivity contribution in [2.75, 3.05) is 19.8 Å². The fourth-order valence-electron chi connectivity index (χ4n) is 1.52. The fraction of sp³-hybridized carbons (Fsp3) is 0.462. The monoisotopic (exact) mass is 398 g/mol. The van der Waals surface area contributed by atoms with Gasteiger partial charge >= 0.3 is 5.97 Å². The van der Waals surface area contributed by atoms with Crippen molar-refractivity contribution in [3.05, 3.63) is 27.7 Å². The maximum atomic E-state index is 12.0. The van der Waals surface area contributed by atoms with Crippen LogP contribution in [0.1, 0.15) is 29.3 Å². The summed E-state index contributed by atoms with van der Waals surface area (Å²) in [4.78, 5) is 11.8. The first-order chi connectivity index (χ1) is 9.77. The molecule has 0 aliphatic rings. The maximum Gasteiger partial charge on any atom is 0.338 e. The molecular formula is C13H16BrClO5S. The number of carbonyl (C=O) groups excluding carboxylic acids is 1. The Morgan fingerprint density at radius 2 is 1.95 bits per heavy atom. The molecule has 0 unspecified atom stereocenters. The fourth-order valence-corrected chi connectivity index (χ4v) is 2.92. The van der Waals surface area contributed by atoms with Crippen LogP contribution in [0.5, 0.6) is 0 Å². The van der Waals surface area contributed by atoms with Crippen LogP contribution in [0, 0.1) is 6.92 Å². The van der Waals surface area contributed by atoms with Gasteiger partial charge in [0.05, 0.1) is 17.1 Å². The van der Waals surface area contributed by atoms with E-state index >= 15 is 0 Å². The number of benzene rings is 1. The van der Waals surface area contributed by atoms with E-state index in [0.29, 0.717) is 23.2 Å². The molecule has 1 aromatic carbocycles. The molecule has 118 valence electrons. The largest absolute Gasteiger partial charge is 0.460 e. The molecule has 1 rings (SSSR count). The highest BCUT2D eigenvalue weighted by atomic mass is 79.9. The van der Waals surface area contributed by atoms with Gasteiger partial charge in [-0.25, -0.2) is 13.2 Å². The van der Waals surface area contributed by atoms with Crippen LogP contribution in [0.4, 0.5) is 0 Å². The normalized spacial score (nSPS) is 11.4. The van der Waals surface area contributed by atoms with Gasteiger partial charge in [-0.2, -0.15) is 0 Å². The highest BCUT2D eigenvalue weighted by Crippen LogP contribution is 2.27. The molecule has 0 N–H and O–H groups in total. The van der Waals surface area contributed by atoms with Crippen molar-refractivity contribution in [2.45, 2.75) is 25.2 Å². The molecular weight excluding hydrogens is 384 g/mol. The van der Waals surface area contributed by atoms with Gasteiger partial charge in [-0.1, -0.05) is 22.9 Å². The van der Waals surface area contributed by atoms with Crippen molar-refractivity contribution >= 4 is 41.6 Å². The van der Waals surface area contributed by atoms with Crippen LogP contribution < -0.4 is 0 Å². The molecule has 1 aromatic rings. The van der Waals surface area contributed by atoms with E-state index in [1.54, 1.807) is 6.92 Å². The summed E-state index contributed by atoms with van der Waals surface area (Å²) in [6, 6.07) is 2.55. The van der Waals surface area contributed by atoms with E-state index < -0.39 is 15.0 Å². The predicted octanol–water partition coefficient (Wildman–Crippen LogP) is 3.27. The first-order valence-corrected chi connectivity index (χ1v) is 9.37. The highest BCUT2D eigenvalue weighted by molar-refractivity contribution is 9.10. The minimum absolute atomic E-state index is 0.105. The van der Waals surface area contributed by atoms with Gasteiger partial charge in [-0.3, -0.25) is 0 Å². The topological polar surface area (TPSA) is 69.7 Å².